The molecule has 0 amide bonds. The van der Waals surface area contributed by atoms with Gasteiger partial charge in [0.25, 0.3) is 0 Å². The summed E-state index contributed by atoms with van der Waals surface area (Å²) >= 11 is 0. The maximum atomic E-state index is 10.7. The SMILES string of the molecule is CCCC(C)(C)NC(C)[O]. The van der Waals surface area contributed by atoms with Gasteiger partial charge in [0, 0.05) is 5.54 Å². The van der Waals surface area contributed by atoms with Gasteiger partial charge in [-0.1, -0.05) is 13.3 Å². The number of nitrogens with one attached hydrogen (secondary N) is 1. The van der Waals surface area contributed by atoms with Crippen LogP contribution < -0.4 is 5.32 Å². The average Bonchev–Trinajstić information content (AvgIpc) is 1.59. The first-order chi connectivity index (χ1) is 4.48. The van der Waals surface area contributed by atoms with Crippen LogP contribution in [0.3, 0.4) is 0 Å². The Hall–Kier alpha value is -0.0800. The lowest BCUT2D eigenvalue weighted by Gasteiger charge is -2.26. The van der Waals surface area contributed by atoms with Crippen LogP contribution in [0.25, 0.3) is 0 Å². The topological polar surface area (TPSA) is 31.9 Å². The van der Waals surface area contributed by atoms with E-state index in [2.05, 4.69) is 26.1 Å². The molecule has 0 aromatic carbocycles. The van der Waals surface area contributed by atoms with E-state index in [1.54, 1.807) is 6.92 Å². The highest BCUT2D eigenvalue weighted by molar-refractivity contribution is 4.76. The van der Waals surface area contributed by atoms with Crippen molar-refractivity contribution < 1.29 is 5.11 Å². The van der Waals surface area contributed by atoms with Crippen LogP contribution in [0.15, 0.2) is 0 Å². The Morgan fingerprint density at radius 3 is 2.30 bits per heavy atom. The monoisotopic (exact) mass is 144 g/mol. The van der Waals surface area contributed by atoms with Gasteiger partial charge in [-0.15, -0.1) is 0 Å². The van der Waals surface area contributed by atoms with E-state index < -0.39 is 6.23 Å². The van der Waals surface area contributed by atoms with Crippen molar-refractivity contribution in [2.24, 2.45) is 0 Å². The summed E-state index contributed by atoms with van der Waals surface area (Å²) < 4.78 is 0. The molecule has 0 saturated heterocycles. The van der Waals surface area contributed by atoms with E-state index in [1.807, 2.05) is 0 Å². The summed E-state index contributed by atoms with van der Waals surface area (Å²) in [6, 6.07) is 0. The zero-order valence-corrected chi connectivity index (χ0v) is 7.40. The number of hydrogen-bond acceptors (Lipinski definition) is 1. The Bertz CT molecular complexity index is 89.3. The Balaban J connectivity index is 3.63. The van der Waals surface area contributed by atoms with Gasteiger partial charge in [0.15, 0.2) is 0 Å². The summed E-state index contributed by atoms with van der Waals surface area (Å²) in [5, 5.41) is 13.7. The molecular formula is C8H18NO. The highest BCUT2D eigenvalue weighted by atomic mass is 16.3. The first kappa shape index (κ1) is 9.92. The average molecular weight is 144 g/mol. The second kappa shape index (κ2) is 3.94. The van der Waals surface area contributed by atoms with Gasteiger partial charge in [-0.05, 0) is 27.2 Å². The Labute approximate surface area is 63.6 Å². The fourth-order valence-corrected chi connectivity index (χ4v) is 1.25. The van der Waals surface area contributed by atoms with E-state index in [1.165, 1.54) is 0 Å². The van der Waals surface area contributed by atoms with Crippen molar-refractivity contribution in [3.8, 4) is 0 Å². The molecule has 1 N–H and O–H groups in total. The van der Waals surface area contributed by atoms with Gasteiger partial charge < -0.3 is 0 Å². The molecule has 61 valence electrons. The second-order valence-corrected chi connectivity index (χ2v) is 3.42. The summed E-state index contributed by atoms with van der Waals surface area (Å²) in [4.78, 5) is 0. The van der Waals surface area contributed by atoms with Crippen LogP contribution in [0.2, 0.25) is 0 Å². The molecule has 1 unspecified atom stereocenters. The summed E-state index contributed by atoms with van der Waals surface area (Å²) in [5.74, 6) is 0. The van der Waals surface area contributed by atoms with Gasteiger partial charge in [0.05, 0.1) is 0 Å². The van der Waals surface area contributed by atoms with E-state index >= 15 is 0 Å². The lowest BCUT2D eigenvalue weighted by atomic mass is 9.99. The first-order valence-corrected chi connectivity index (χ1v) is 3.91. The third-order valence-electron chi connectivity index (χ3n) is 1.47. The maximum Gasteiger partial charge on any atom is 0.141 e. The van der Waals surface area contributed by atoms with Crippen LogP contribution in [0.1, 0.15) is 40.5 Å². The molecule has 0 bridgehead atoms. The number of rotatable bonds is 4. The fourth-order valence-electron chi connectivity index (χ4n) is 1.25. The summed E-state index contributed by atoms with van der Waals surface area (Å²) in [6.07, 6.45) is 1.52. The minimum absolute atomic E-state index is 0.00984. The minimum atomic E-state index is -0.651. The highest BCUT2D eigenvalue weighted by Gasteiger charge is 2.17. The smallest absolute Gasteiger partial charge is 0.141 e. The van der Waals surface area contributed by atoms with Gasteiger partial charge in [-0.3, -0.25) is 5.32 Å². The molecule has 0 aliphatic heterocycles. The summed E-state index contributed by atoms with van der Waals surface area (Å²) in [5.41, 5.74) is 0.00984. The molecule has 0 saturated carbocycles. The molecule has 10 heavy (non-hydrogen) atoms. The van der Waals surface area contributed by atoms with E-state index in [-0.39, 0.29) is 5.54 Å². The van der Waals surface area contributed by atoms with E-state index in [0.717, 1.165) is 12.8 Å². The van der Waals surface area contributed by atoms with Crippen molar-refractivity contribution >= 4 is 0 Å². The zero-order valence-electron chi connectivity index (χ0n) is 7.40. The zero-order chi connectivity index (χ0) is 8.20. The van der Waals surface area contributed by atoms with Crippen molar-refractivity contribution in [2.45, 2.75) is 52.3 Å². The largest absolute Gasteiger partial charge is 0.285 e. The summed E-state index contributed by atoms with van der Waals surface area (Å²) in [6.45, 7) is 7.88. The Morgan fingerprint density at radius 1 is 1.50 bits per heavy atom. The molecule has 0 fully saturated rings. The molecule has 0 aromatic heterocycles. The molecular weight excluding hydrogens is 126 g/mol. The van der Waals surface area contributed by atoms with Gasteiger partial charge >= 0.3 is 0 Å². The van der Waals surface area contributed by atoms with Crippen LogP contribution in [0.5, 0.6) is 0 Å². The van der Waals surface area contributed by atoms with Gasteiger partial charge in [-0.2, -0.15) is 0 Å². The van der Waals surface area contributed by atoms with Crippen LogP contribution in [-0.4, -0.2) is 11.8 Å². The fraction of sp³-hybridized carbons (Fsp3) is 1.00. The lowest BCUT2D eigenvalue weighted by Crippen LogP contribution is -2.43. The van der Waals surface area contributed by atoms with Crippen molar-refractivity contribution in [3.63, 3.8) is 0 Å². The molecule has 0 spiro atoms. The molecule has 0 aromatic rings. The van der Waals surface area contributed by atoms with Crippen LogP contribution in [0, 0.1) is 0 Å². The molecule has 0 aliphatic carbocycles. The van der Waals surface area contributed by atoms with E-state index in [9.17, 15) is 5.11 Å². The standard InChI is InChI=1S/C8H18NO/c1-5-6-8(3,4)9-7(2)10/h7,9H,5-6H2,1-4H3. The quantitative estimate of drug-likeness (QED) is 0.601. The van der Waals surface area contributed by atoms with Gasteiger partial charge in [0.2, 0.25) is 0 Å². The molecule has 0 rings (SSSR count). The first-order valence-electron chi connectivity index (χ1n) is 3.91. The third-order valence-corrected chi connectivity index (χ3v) is 1.47. The maximum absolute atomic E-state index is 10.7. The molecule has 1 atom stereocenters. The normalized spacial score (nSPS) is 15.3. The third kappa shape index (κ3) is 4.77. The predicted octanol–water partition coefficient (Wildman–Crippen LogP) is 1.93. The number of hydrogen-bond donors (Lipinski definition) is 1. The van der Waals surface area contributed by atoms with Crippen LogP contribution in [0.4, 0.5) is 0 Å². The van der Waals surface area contributed by atoms with Crippen LogP contribution in [-0.2, 0) is 5.11 Å². The Kier molecular flexibility index (Phi) is 3.91. The molecule has 0 aliphatic rings. The van der Waals surface area contributed by atoms with Gasteiger partial charge in [0.1, 0.15) is 6.23 Å². The molecule has 2 nitrogen and oxygen atoms in total. The van der Waals surface area contributed by atoms with Crippen molar-refractivity contribution in [3.05, 3.63) is 0 Å². The van der Waals surface area contributed by atoms with Crippen molar-refractivity contribution in [1.82, 2.24) is 5.32 Å². The lowest BCUT2D eigenvalue weighted by molar-refractivity contribution is 0.0470. The molecule has 0 heterocycles. The summed E-state index contributed by atoms with van der Waals surface area (Å²) in [7, 11) is 0. The predicted molar refractivity (Wildman–Crippen MR) is 42.3 cm³/mol. The van der Waals surface area contributed by atoms with E-state index in [0.29, 0.717) is 0 Å². The minimum Gasteiger partial charge on any atom is -0.285 e. The Morgan fingerprint density at radius 2 is 2.00 bits per heavy atom. The molecule has 2 heteroatoms. The van der Waals surface area contributed by atoms with E-state index in [4.69, 9.17) is 0 Å². The van der Waals surface area contributed by atoms with Crippen molar-refractivity contribution in [1.29, 1.82) is 0 Å². The van der Waals surface area contributed by atoms with Gasteiger partial charge in [-0.25, -0.2) is 5.11 Å². The molecule has 1 radical (unpaired) electrons. The van der Waals surface area contributed by atoms with Crippen molar-refractivity contribution in [2.75, 3.05) is 0 Å². The second-order valence-electron chi connectivity index (χ2n) is 3.42. The van der Waals surface area contributed by atoms with Crippen LogP contribution >= 0.6 is 0 Å². The highest BCUT2D eigenvalue weighted by Crippen LogP contribution is 2.10.